The third kappa shape index (κ3) is 6.44. The maximum Gasteiger partial charge on any atom is 0.241 e. The Morgan fingerprint density at radius 3 is 1.71 bits per heavy atom. The topological polar surface area (TPSA) is 78.4 Å². The van der Waals surface area contributed by atoms with E-state index in [9.17, 15) is 13.5 Å². The predicted octanol–water partition coefficient (Wildman–Crippen LogP) is 5.08. The Labute approximate surface area is 207 Å². The summed E-state index contributed by atoms with van der Waals surface area (Å²) >= 11 is 0. The van der Waals surface area contributed by atoms with Gasteiger partial charge >= 0.3 is 0 Å². The average molecular weight is 487 g/mol. The van der Waals surface area contributed by atoms with Gasteiger partial charge in [0.1, 0.15) is 0 Å². The van der Waals surface area contributed by atoms with Gasteiger partial charge in [-0.15, -0.1) is 0 Å². The van der Waals surface area contributed by atoms with Crippen LogP contribution in [0.3, 0.4) is 0 Å². The molecule has 0 spiro atoms. The molecule has 4 rings (SSSR count). The highest BCUT2D eigenvalue weighted by atomic mass is 32.2. The highest BCUT2D eigenvalue weighted by Gasteiger charge is 2.26. The second-order valence-corrected chi connectivity index (χ2v) is 10.3. The van der Waals surface area contributed by atoms with Crippen LogP contribution in [0.15, 0.2) is 120 Å². The first kappa shape index (κ1) is 24.8. The van der Waals surface area contributed by atoms with E-state index in [-0.39, 0.29) is 11.4 Å². The van der Waals surface area contributed by atoms with Gasteiger partial charge in [-0.25, -0.2) is 13.1 Å². The molecule has 0 radical (unpaired) electrons. The van der Waals surface area contributed by atoms with E-state index in [4.69, 9.17) is 0 Å². The van der Waals surface area contributed by atoms with Crippen LogP contribution in [0.2, 0.25) is 0 Å². The van der Waals surface area contributed by atoms with Crippen LogP contribution in [0.1, 0.15) is 40.4 Å². The zero-order valence-electron chi connectivity index (χ0n) is 19.6. The quantitative estimate of drug-likeness (QED) is 0.292. The van der Waals surface area contributed by atoms with Crippen LogP contribution in [-0.4, -0.2) is 20.1 Å². The number of aliphatic hydroxyl groups excluding tert-OH is 1. The minimum atomic E-state index is -3.76. The molecule has 0 bridgehead atoms. The fraction of sp³-hybridized carbons (Fsp3) is 0.172. The van der Waals surface area contributed by atoms with Crippen molar-refractivity contribution < 1.29 is 13.5 Å². The largest absolute Gasteiger partial charge is 0.386 e. The van der Waals surface area contributed by atoms with Gasteiger partial charge in [-0.3, -0.25) is 0 Å². The zero-order chi connectivity index (χ0) is 24.7. The zero-order valence-corrected chi connectivity index (χ0v) is 20.4. The van der Waals surface area contributed by atoms with Crippen LogP contribution in [0.5, 0.6) is 0 Å². The summed E-state index contributed by atoms with van der Waals surface area (Å²) in [4.78, 5) is 0.216. The molecule has 3 atom stereocenters. The fourth-order valence-electron chi connectivity index (χ4n) is 4.05. The molecule has 180 valence electrons. The van der Waals surface area contributed by atoms with Crippen molar-refractivity contribution in [1.29, 1.82) is 0 Å². The molecule has 4 aromatic rings. The summed E-state index contributed by atoms with van der Waals surface area (Å²) in [5.74, 6) is 0. The second-order valence-electron chi connectivity index (χ2n) is 8.55. The standard InChI is InChI=1S/C29H30N2O3S/c1-22-17-19-26(20-18-22)35(33,34)31-27(23-11-5-2-6-12-23)21-30-28(24-13-7-3-8-14-24)29(32)25-15-9-4-10-16-25/h2-20,27-32H,21H2,1H3/t27-,28-,29+/m1/s1. The molecule has 0 saturated carbocycles. The molecule has 0 unspecified atom stereocenters. The lowest BCUT2D eigenvalue weighted by Gasteiger charge is -2.28. The fourth-order valence-corrected chi connectivity index (χ4v) is 5.27. The van der Waals surface area contributed by atoms with E-state index in [0.29, 0.717) is 0 Å². The summed E-state index contributed by atoms with van der Waals surface area (Å²) < 4.78 is 29.3. The van der Waals surface area contributed by atoms with Crippen LogP contribution in [0, 0.1) is 6.92 Å². The van der Waals surface area contributed by atoms with Crippen molar-refractivity contribution in [3.63, 3.8) is 0 Å². The van der Waals surface area contributed by atoms with Gasteiger partial charge < -0.3 is 10.4 Å². The van der Waals surface area contributed by atoms with Gasteiger partial charge in [0.25, 0.3) is 0 Å². The van der Waals surface area contributed by atoms with Crippen LogP contribution in [0.4, 0.5) is 0 Å². The number of hydrogen-bond acceptors (Lipinski definition) is 4. The Kier molecular flexibility index (Phi) is 8.10. The van der Waals surface area contributed by atoms with E-state index in [1.54, 1.807) is 24.3 Å². The maximum atomic E-state index is 13.2. The van der Waals surface area contributed by atoms with Crippen molar-refractivity contribution in [1.82, 2.24) is 10.0 Å². The molecule has 0 aromatic heterocycles. The Morgan fingerprint density at radius 1 is 0.686 bits per heavy atom. The molecule has 3 N–H and O–H groups in total. The van der Waals surface area contributed by atoms with E-state index >= 15 is 0 Å². The van der Waals surface area contributed by atoms with E-state index in [1.807, 2.05) is 97.9 Å². The van der Waals surface area contributed by atoms with Gasteiger partial charge in [0.05, 0.1) is 23.1 Å². The Hall–Kier alpha value is -3.29. The van der Waals surface area contributed by atoms with E-state index in [0.717, 1.165) is 22.3 Å². The van der Waals surface area contributed by atoms with Gasteiger partial charge in [-0.05, 0) is 35.7 Å². The number of aliphatic hydroxyl groups is 1. The molecule has 6 heteroatoms. The molecular formula is C29H30N2O3S. The molecule has 0 fully saturated rings. The number of sulfonamides is 1. The summed E-state index contributed by atoms with van der Waals surface area (Å²) in [6.07, 6.45) is -0.816. The van der Waals surface area contributed by atoms with Crippen LogP contribution in [0.25, 0.3) is 0 Å². The minimum absolute atomic E-state index is 0.216. The van der Waals surface area contributed by atoms with Crippen molar-refractivity contribution >= 4 is 10.0 Å². The number of benzene rings is 4. The first-order valence-corrected chi connectivity index (χ1v) is 13.1. The highest BCUT2D eigenvalue weighted by molar-refractivity contribution is 7.89. The smallest absolute Gasteiger partial charge is 0.241 e. The lowest BCUT2D eigenvalue weighted by molar-refractivity contribution is 0.127. The number of hydrogen-bond donors (Lipinski definition) is 3. The molecule has 0 aliphatic heterocycles. The van der Waals surface area contributed by atoms with Gasteiger partial charge in [-0.1, -0.05) is 109 Å². The van der Waals surface area contributed by atoms with Crippen molar-refractivity contribution in [2.24, 2.45) is 0 Å². The van der Waals surface area contributed by atoms with Crippen molar-refractivity contribution in [3.8, 4) is 0 Å². The SMILES string of the molecule is Cc1ccc(S(=O)(=O)N[C@H](CN[C@H](c2ccccc2)[C@@H](O)c2ccccc2)c2ccccc2)cc1. The van der Waals surface area contributed by atoms with E-state index < -0.39 is 28.2 Å². The molecule has 0 aliphatic carbocycles. The van der Waals surface area contributed by atoms with Crippen LogP contribution in [-0.2, 0) is 10.0 Å². The average Bonchev–Trinajstić information content (AvgIpc) is 2.90. The molecule has 0 aliphatic rings. The van der Waals surface area contributed by atoms with Crippen molar-refractivity contribution in [3.05, 3.63) is 138 Å². The van der Waals surface area contributed by atoms with Crippen molar-refractivity contribution in [2.45, 2.75) is 30.0 Å². The Balaban J connectivity index is 1.61. The maximum absolute atomic E-state index is 13.2. The Bertz CT molecular complexity index is 1300. The van der Waals surface area contributed by atoms with Gasteiger partial charge in [0.2, 0.25) is 10.0 Å². The number of aryl methyl sites for hydroxylation is 1. The molecule has 0 saturated heterocycles. The van der Waals surface area contributed by atoms with Crippen molar-refractivity contribution in [2.75, 3.05) is 6.54 Å². The summed E-state index contributed by atoms with van der Waals surface area (Å²) in [5.41, 5.74) is 3.52. The molecular weight excluding hydrogens is 456 g/mol. The predicted molar refractivity (Wildman–Crippen MR) is 139 cm³/mol. The van der Waals surface area contributed by atoms with Crippen LogP contribution >= 0.6 is 0 Å². The first-order chi connectivity index (χ1) is 16.9. The lowest BCUT2D eigenvalue weighted by atomic mass is 9.95. The molecule has 0 amide bonds. The van der Waals surface area contributed by atoms with E-state index in [2.05, 4.69) is 10.0 Å². The number of nitrogens with one attached hydrogen (secondary N) is 2. The summed E-state index contributed by atoms with van der Waals surface area (Å²) in [6, 6.07) is 34.4. The molecule has 0 heterocycles. The van der Waals surface area contributed by atoms with Gasteiger partial charge in [0, 0.05) is 6.54 Å². The highest BCUT2D eigenvalue weighted by Crippen LogP contribution is 2.29. The number of rotatable bonds is 10. The summed E-state index contributed by atoms with van der Waals surface area (Å²) in [7, 11) is -3.76. The Morgan fingerprint density at radius 2 is 1.17 bits per heavy atom. The van der Waals surface area contributed by atoms with E-state index in [1.165, 1.54) is 0 Å². The minimum Gasteiger partial charge on any atom is -0.386 e. The third-order valence-corrected chi connectivity index (χ3v) is 7.48. The monoisotopic (exact) mass is 486 g/mol. The summed E-state index contributed by atoms with van der Waals surface area (Å²) in [6.45, 7) is 2.20. The molecule has 35 heavy (non-hydrogen) atoms. The summed E-state index contributed by atoms with van der Waals surface area (Å²) in [5, 5.41) is 14.7. The normalized spacial score (nSPS) is 14.2. The second kappa shape index (κ2) is 11.4. The first-order valence-electron chi connectivity index (χ1n) is 11.6. The molecule has 4 aromatic carbocycles. The van der Waals surface area contributed by atoms with Crippen LogP contribution < -0.4 is 10.0 Å². The van der Waals surface area contributed by atoms with Gasteiger partial charge in [-0.2, -0.15) is 0 Å². The lowest BCUT2D eigenvalue weighted by Crippen LogP contribution is -2.38. The molecule has 5 nitrogen and oxygen atoms in total. The third-order valence-electron chi connectivity index (χ3n) is 5.99. The van der Waals surface area contributed by atoms with Gasteiger partial charge in [0.15, 0.2) is 0 Å².